The summed E-state index contributed by atoms with van der Waals surface area (Å²) in [4.78, 5) is 0. The lowest BCUT2D eigenvalue weighted by Crippen LogP contribution is -2.27. The van der Waals surface area contributed by atoms with E-state index in [1.54, 1.807) is 0 Å². The maximum atomic E-state index is 11.5. The summed E-state index contributed by atoms with van der Waals surface area (Å²) in [5, 5.41) is 11.5. The van der Waals surface area contributed by atoms with Crippen LogP contribution in [0.1, 0.15) is 20.8 Å². The zero-order valence-corrected chi connectivity index (χ0v) is 15.2. The first-order valence-corrected chi connectivity index (χ1v) is 8.56. The summed E-state index contributed by atoms with van der Waals surface area (Å²) in [7, 11) is 0. The molecule has 0 aliphatic rings. The van der Waals surface area contributed by atoms with E-state index in [4.69, 9.17) is 33.2 Å². The molecular formula is C16H33O8. The highest BCUT2D eigenvalue weighted by Crippen LogP contribution is 1.98. The van der Waals surface area contributed by atoms with Crippen molar-refractivity contribution in [2.24, 2.45) is 0 Å². The van der Waals surface area contributed by atoms with Gasteiger partial charge in [-0.15, -0.1) is 0 Å². The first-order chi connectivity index (χ1) is 11.7. The molecule has 0 rings (SSSR count). The molecule has 1 radical (unpaired) electrons. The Hall–Kier alpha value is -0.320. The minimum absolute atomic E-state index is 0.0583. The molecule has 0 heterocycles. The van der Waals surface area contributed by atoms with E-state index in [-0.39, 0.29) is 19.8 Å². The smallest absolute Gasteiger partial charge is 0.215 e. The molecule has 24 heavy (non-hydrogen) atoms. The van der Waals surface area contributed by atoms with Crippen molar-refractivity contribution in [2.75, 3.05) is 72.7 Å². The van der Waals surface area contributed by atoms with E-state index in [9.17, 15) is 5.11 Å². The number of ether oxygens (including phenoxy) is 7. The van der Waals surface area contributed by atoms with Crippen molar-refractivity contribution in [2.45, 2.75) is 33.4 Å². The Bertz CT molecular complexity index is 236. The van der Waals surface area contributed by atoms with Gasteiger partial charge < -0.3 is 33.2 Å². The van der Waals surface area contributed by atoms with Crippen LogP contribution in [-0.4, -0.2) is 85.3 Å². The molecular weight excluding hydrogens is 320 g/mol. The molecule has 1 unspecified atom stereocenters. The molecule has 0 amide bonds. The number of hydrogen-bond donors (Lipinski definition) is 0. The highest BCUT2D eigenvalue weighted by atomic mass is 16.7. The molecule has 0 aliphatic heterocycles. The molecule has 0 saturated heterocycles. The Kier molecular flexibility index (Phi) is 18.8. The van der Waals surface area contributed by atoms with E-state index in [1.165, 1.54) is 0 Å². The Morgan fingerprint density at radius 1 is 0.583 bits per heavy atom. The molecule has 8 heteroatoms. The fourth-order valence-corrected chi connectivity index (χ4v) is 1.65. The van der Waals surface area contributed by atoms with Crippen molar-refractivity contribution in [3.63, 3.8) is 0 Å². The zero-order valence-electron chi connectivity index (χ0n) is 15.2. The van der Waals surface area contributed by atoms with Crippen LogP contribution in [-0.2, 0) is 38.3 Å². The van der Waals surface area contributed by atoms with Gasteiger partial charge in [-0.3, -0.25) is 0 Å². The average molecular weight is 353 g/mol. The zero-order chi connectivity index (χ0) is 17.9. The van der Waals surface area contributed by atoms with Gasteiger partial charge >= 0.3 is 0 Å². The van der Waals surface area contributed by atoms with E-state index < -0.39 is 12.6 Å². The minimum Gasteiger partial charge on any atom is -0.379 e. The van der Waals surface area contributed by atoms with Crippen LogP contribution in [0.2, 0.25) is 0 Å². The Morgan fingerprint density at radius 3 is 1.67 bits per heavy atom. The minimum atomic E-state index is -1.25. The highest BCUT2D eigenvalue weighted by molar-refractivity contribution is 4.44. The van der Waals surface area contributed by atoms with Crippen LogP contribution in [0.3, 0.4) is 0 Å². The van der Waals surface area contributed by atoms with Gasteiger partial charge in [-0.1, -0.05) is 0 Å². The van der Waals surface area contributed by atoms with Gasteiger partial charge in [0.2, 0.25) is 6.29 Å². The van der Waals surface area contributed by atoms with Crippen LogP contribution < -0.4 is 0 Å². The Morgan fingerprint density at radius 2 is 1.12 bits per heavy atom. The normalized spacial score (nSPS) is 12.9. The summed E-state index contributed by atoms with van der Waals surface area (Å²) in [5.74, 6) is 0. The molecule has 8 nitrogen and oxygen atoms in total. The van der Waals surface area contributed by atoms with Gasteiger partial charge in [0.05, 0.1) is 46.2 Å². The maximum absolute atomic E-state index is 11.5. The van der Waals surface area contributed by atoms with Gasteiger partial charge in [0, 0.05) is 19.8 Å². The third-order valence-electron chi connectivity index (χ3n) is 2.69. The summed E-state index contributed by atoms with van der Waals surface area (Å²) >= 11 is 0. The van der Waals surface area contributed by atoms with Gasteiger partial charge in [0.15, 0.2) is 6.29 Å². The average Bonchev–Trinajstić information content (AvgIpc) is 2.57. The van der Waals surface area contributed by atoms with Crippen molar-refractivity contribution < 1.29 is 38.3 Å². The summed E-state index contributed by atoms with van der Waals surface area (Å²) in [6.45, 7) is 10.2. The van der Waals surface area contributed by atoms with Crippen LogP contribution in [0.15, 0.2) is 0 Å². The SMILES string of the molecule is CCOCCOCCOCCOC([O])COCC(OCC)OCC. The first-order valence-electron chi connectivity index (χ1n) is 8.56. The van der Waals surface area contributed by atoms with Crippen LogP contribution in [0.5, 0.6) is 0 Å². The highest BCUT2D eigenvalue weighted by Gasteiger charge is 2.11. The molecule has 0 fully saturated rings. The standard InChI is InChI=1S/C16H33O8/c1-4-18-7-8-19-9-10-20-11-12-24-15(17)13-21-14-16(22-5-2)23-6-3/h15-16H,4-14H2,1-3H3. The van der Waals surface area contributed by atoms with Crippen molar-refractivity contribution in [1.29, 1.82) is 0 Å². The fraction of sp³-hybridized carbons (Fsp3) is 1.00. The lowest BCUT2D eigenvalue weighted by Gasteiger charge is -2.17. The molecule has 0 saturated carbocycles. The molecule has 0 aromatic heterocycles. The van der Waals surface area contributed by atoms with Gasteiger partial charge in [0.25, 0.3) is 0 Å². The van der Waals surface area contributed by atoms with Crippen molar-refractivity contribution in [1.82, 2.24) is 0 Å². The quantitative estimate of drug-likeness (QED) is 0.255. The molecule has 0 aromatic rings. The molecule has 0 N–H and O–H groups in total. The molecule has 0 aromatic carbocycles. The van der Waals surface area contributed by atoms with Crippen LogP contribution in [0.4, 0.5) is 0 Å². The van der Waals surface area contributed by atoms with Gasteiger partial charge in [-0.2, -0.15) is 5.11 Å². The van der Waals surface area contributed by atoms with E-state index in [0.717, 1.165) is 0 Å². The molecule has 0 spiro atoms. The summed E-state index contributed by atoms with van der Waals surface area (Å²) < 4.78 is 36.6. The topological polar surface area (TPSA) is 84.5 Å². The predicted molar refractivity (Wildman–Crippen MR) is 86.4 cm³/mol. The largest absolute Gasteiger partial charge is 0.379 e. The van der Waals surface area contributed by atoms with Gasteiger partial charge in [0.1, 0.15) is 6.61 Å². The monoisotopic (exact) mass is 353 g/mol. The second-order valence-corrected chi connectivity index (χ2v) is 4.60. The van der Waals surface area contributed by atoms with E-state index in [1.807, 2.05) is 20.8 Å². The first kappa shape index (κ1) is 23.7. The third kappa shape index (κ3) is 16.5. The van der Waals surface area contributed by atoms with Crippen molar-refractivity contribution >= 4 is 0 Å². The van der Waals surface area contributed by atoms with Crippen molar-refractivity contribution in [3.8, 4) is 0 Å². The van der Waals surface area contributed by atoms with Crippen LogP contribution in [0.25, 0.3) is 0 Å². The molecule has 145 valence electrons. The number of rotatable bonds is 19. The fourth-order valence-electron chi connectivity index (χ4n) is 1.65. The number of hydrogen-bond acceptors (Lipinski definition) is 7. The van der Waals surface area contributed by atoms with Gasteiger partial charge in [-0.05, 0) is 20.8 Å². The summed E-state index contributed by atoms with van der Waals surface area (Å²) in [5.41, 5.74) is 0. The van der Waals surface area contributed by atoms with E-state index >= 15 is 0 Å². The molecule has 0 bridgehead atoms. The predicted octanol–water partition coefficient (Wildman–Crippen LogP) is 1.25. The van der Waals surface area contributed by atoms with E-state index in [2.05, 4.69) is 0 Å². The Labute approximate surface area is 145 Å². The van der Waals surface area contributed by atoms with Crippen molar-refractivity contribution in [3.05, 3.63) is 0 Å². The Balaban J connectivity index is 3.35. The van der Waals surface area contributed by atoms with Crippen LogP contribution in [0, 0.1) is 0 Å². The second-order valence-electron chi connectivity index (χ2n) is 4.60. The maximum Gasteiger partial charge on any atom is 0.215 e. The summed E-state index contributed by atoms with van der Waals surface area (Å²) in [6.07, 6.45) is -1.70. The lowest BCUT2D eigenvalue weighted by molar-refractivity contribution is -0.207. The molecule has 1 atom stereocenters. The van der Waals surface area contributed by atoms with E-state index in [0.29, 0.717) is 52.9 Å². The second kappa shape index (κ2) is 19.0. The van der Waals surface area contributed by atoms with Gasteiger partial charge in [-0.25, -0.2) is 0 Å². The molecule has 0 aliphatic carbocycles. The lowest BCUT2D eigenvalue weighted by atomic mass is 10.6. The third-order valence-corrected chi connectivity index (χ3v) is 2.69. The summed E-state index contributed by atoms with van der Waals surface area (Å²) in [6, 6.07) is 0. The van der Waals surface area contributed by atoms with Crippen LogP contribution >= 0.6 is 0 Å².